The van der Waals surface area contributed by atoms with E-state index in [-0.39, 0.29) is 5.91 Å². The molecule has 1 atom stereocenters. The molecule has 0 fully saturated rings. The molecule has 1 heterocycles. The van der Waals surface area contributed by atoms with Gasteiger partial charge in [-0.05, 0) is 31.5 Å². The van der Waals surface area contributed by atoms with Crippen molar-refractivity contribution in [2.45, 2.75) is 25.8 Å². The van der Waals surface area contributed by atoms with E-state index < -0.39 is 5.54 Å². The number of nitrogens with two attached hydrogens (primary N) is 1. The van der Waals surface area contributed by atoms with E-state index in [0.29, 0.717) is 0 Å². The van der Waals surface area contributed by atoms with Gasteiger partial charge in [0.2, 0.25) is 5.91 Å². The quantitative estimate of drug-likeness (QED) is 0.749. The molecular formula is C11H17N3O. The number of pyridine rings is 1. The number of carbonyl (C=O) groups excluding carboxylic acids is 1. The minimum absolute atomic E-state index is 0.385. The first kappa shape index (κ1) is 11.7. The van der Waals surface area contributed by atoms with Crippen LogP contribution in [0.1, 0.15) is 25.8 Å². The van der Waals surface area contributed by atoms with Crippen molar-refractivity contribution in [3.8, 4) is 0 Å². The zero-order chi connectivity index (χ0) is 11.3. The third-order valence-corrected chi connectivity index (χ3v) is 2.46. The molecule has 1 amide bonds. The SMILES string of the molecule is CCCNC(C)(C(N)=O)c1cccnc1. The van der Waals surface area contributed by atoms with Gasteiger partial charge in [-0.1, -0.05) is 13.0 Å². The van der Waals surface area contributed by atoms with Crippen molar-refractivity contribution < 1.29 is 4.79 Å². The van der Waals surface area contributed by atoms with Gasteiger partial charge in [-0.3, -0.25) is 15.1 Å². The van der Waals surface area contributed by atoms with Crippen LogP contribution in [-0.4, -0.2) is 17.4 Å². The number of carbonyl (C=O) groups is 1. The molecule has 0 aliphatic rings. The lowest BCUT2D eigenvalue weighted by molar-refractivity contribution is -0.124. The summed E-state index contributed by atoms with van der Waals surface area (Å²) in [5.41, 5.74) is 5.38. The van der Waals surface area contributed by atoms with Crippen molar-refractivity contribution in [3.63, 3.8) is 0 Å². The highest BCUT2D eigenvalue weighted by Crippen LogP contribution is 2.18. The van der Waals surface area contributed by atoms with Crippen LogP contribution in [0.25, 0.3) is 0 Å². The molecule has 0 aliphatic heterocycles. The van der Waals surface area contributed by atoms with Crippen molar-refractivity contribution in [1.29, 1.82) is 0 Å². The third kappa shape index (κ3) is 2.53. The van der Waals surface area contributed by atoms with Crippen molar-refractivity contribution >= 4 is 5.91 Å². The van der Waals surface area contributed by atoms with E-state index in [1.165, 1.54) is 0 Å². The van der Waals surface area contributed by atoms with Crippen LogP contribution in [0.3, 0.4) is 0 Å². The zero-order valence-corrected chi connectivity index (χ0v) is 9.16. The van der Waals surface area contributed by atoms with Gasteiger partial charge in [0.15, 0.2) is 0 Å². The molecule has 1 aromatic heterocycles. The van der Waals surface area contributed by atoms with E-state index in [0.717, 1.165) is 18.5 Å². The number of hydrogen-bond acceptors (Lipinski definition) is 3. The average Bonchev–Trinajstić information content (AvgIpc) is 2.27. The third-order valence-electron chi connectivity index (χ3n) is 2.46. The number of aromatic nitrogens is 1. The first-order valence-corrected chi connectivity index (χ1v) is 5.06. The highest BCUT2D eigenvalue weighted by molar-refractivity contribution is 5.85. The second kappa shape index (κ2) is 4.89. The summed E-state index contributed by atoms with van der Waals surface area (Å²) in [5, 5.41) is 3.15. The predicted octanol–water partition coefficient (Wildman–Crippen LogP) is 0.782. The molecule has 4 nitrogen and oxygen atoms in total. The van der Waals surface area contributed by atoms with Gasteiger partial charge in [0, 0.05) is 12.4 Å². The standard InChI is InChI=1S/C11H17N3O/c1-3-6-14-11(2,10(12)15)9-5-4-7-13-8-9/h4-5,7-8,14H,3,6H2,1-2H3,(H2,12,15). The molecule has 15 heavy (non-hydrogen) atoms. The van der Waals surface area contributed by atoms with Crippen LogP contribution >= 0.6 is 0 Å². The Hall–Kier alpha value is -1.42. The lowest BCUT2D eigenvalue weighted by Crippen LogP contribution is -2.50. The Bertz CT molecular complexity index is 326. The molecule has 0 saturated carbocycles. The maximum atomic E-state index is 11.5. The normalized spacial score (nSPS) is 14.5. The van der Waals surface area contributed by atoms with Crippen LogP contribution in [0.4, 0.5) is 0 Å². The van der Waals surface area contributed by atoms with Crippen LogP contribution in [0.5, 0.6) is 0 Å². The number of amides is 1. The summed E-state index contributed by atoms with van der Waals surface area (Å²) in [5.74, 6) is -0.385. The van der Waals surface area contributed by atoms with Crippen molar-refractivity contribution in [2.75, 3.05) is 6.54 Å². The number of hydrogen-bond donors (Lipinski definition) is 2. The van der Waals surface area contributed by atoms with Crippen molar-refractivity contribution in [3.05, 3.63) is 30.1 Å². The fourth-order valence-corrected chi connectivity index (χ4v) is 1.36. The number of nitrogens with zero attached hydrogens (tertiary/aromatic N) is 1. The largest absolute Gasteiger partial charge is 0.368 e. The van der Waals surface area contributed by atoms with Gasteiger partial charge in [-0.25, -0.2) is 0 Å². The van der Waals surface area contributed by atoms with Gasteiger partial charge in [0.05, 0.1) is 0 Å². The molecule has 82 valence electrons. The van der Waals surface area contributed by atoms with Crippen molar-refractivity contribution in [2.24, 2.45) is 5.73 Å². The summed E-state index contributed by atoms with van der Waals surface area (Å²) in [6.45, 7) is 4.56. The predicted molar refractivity (Wildman–Crippen MR) is 59.1 cm³/mol. The maximum Gasteiger partial charge on any atom is 0.242 e. The molecule has 4 heteroatoms. The van der Waals surface area contributed by atoms with Gasteiger partial charge in [-0.15, -0.1) is 0 Å². The number of nitrogens with one attached hydrogen (secondary N) is 1. The van der Waals surface area contributed by atoms with Crippen LogP contribution < -0.4 is 11.1 Å². The lowest BCUT2D eigenvalue weighted by Gasteiger charge is -2.27. The maximum absolute atomic E-state index is 11.5. The molecule has 0 bridgehead atoms. The van der Waals surface area contributed by atoms with Crippen molar-refractivity contribution in [1.82, 2.24) is 10.3 Å². The van der Waals surface area contributed by atoms with Crippen LogP contribution in [0.2, 0.25) is 0 Å². The smallest absolute Gasteiger partial charge is 0.242 e. The highest BCUT2D eigenvalue weighted by atomic mass is 16.1. The molecule has 1 unspecified atom stereocenters. The molecule has 1 aromatic rings. The summed E-state index contributed by atoms with van der Waals surface area (Å²) in [6.07, 6.45) is 4.28. The minimum Gasteiger partial charge on any atom is -0.368 e. The Morgan fingerprint density at radius 3 is 2.87 bits per heavy atom. The number of primary amides is 1. The fraction of sp³-hybridized carbons (Fsp3) is 0.455. The second-order valence-corrected chi connectivity index (χ2v) is 3.66. The van der Waals surface area contributed by atoms with E-state index >= 15 is 0 Å². The van der Waals surface area contributed by atoms with Crippen LogP contribution in [0, 0.1) is 0 Å². The molecule has 0 aromatic carbocycles. The Kier molecular flexibility index (Phi) is 3.80. The molecule has 0 aliphatic carbocycles. The topological polar surface area (TPSA) is 68.0 Å². The van der Waals surface area contributed by atoms with Gasteiger partial charge < -0.3 is 5.73 Å². The van der Waals surface area contributed by atoms with Crippen LogP contribution in [-0.2, 0) is 10.3 Å². The van der Waals surface area contributed by atoms with Crippen LogP contribution in [0.15, 0.2) is 24.5 Å². The summed E-state index contributed by atoms with van der Waals surface area (Å²) in [7, 11) is 0. The lowest BCUT2D eigenvalue weighted by atomic mass is 9.92. The van der Waals surface area contributed by atoms with E-state index in [2.05, 4.69) is 10.3 Å². The minimum atomic E-state index is -0.829. The highest BCUT2D eigenvalue weighted by Gasteiger charge is 2.32. The van der Waals surface area contributed by atoms with E-state index in [1.54, 1.807) is 25.4 Å². The van der Waals surface area contributed by atoms with Gasteiger partial charge >= 0.3 is 0 Å². The van der Waals surface area contributed by atoms with Gasteiger partial charge in [0.1, 0.15) is 5.54 Å². The summed E-state index contributed by atoms with van der Waals surface area (Å²) < 4.78 is 0. The summed E-state index contributed by atoms with van der Waals surface area (Å²) in [4.78, 5) is 15.5. The first-order valence-electron chi connectivity index (χ1n) is 5.06. The summed E-state index contributed by atoms with van der Waals surface area (Å²) >= 11 is 0. The fourth-order valence-electron chi connectivity index (χ4n) is 1.36. The average molecular weight is 207 g/mol. The number of rotatable bonds is 5. The zero-order valence-electron chi connectivity index (χ0n) is 9.16. The van der Waals surface area contributed by atoms with Gasteiger partial charge in [0.25, 0.3) is 0 Å². The Labute approximate surface area is 89.9 Å². The van der Waals surface area contributed by atoms with Gasteiger partial charge in [-0.2, -0.15) is 0 Å². The van der Waals surface area contributed by atoms with E-state index in [4.69, 9.17) is 5.73 Å². The monoisotopic (exact) mass is 207 g/mol. The molecule has 3 N–H and O–H groups in total. The first-order chi connectivity index (χ1) is 7.11. The molecular weight excluding hydrogens is 190 g/mol. The van der Waals surface area contributed by atoms with E-state index in [1.807, 2.05) is 13.0 Å². The molecule has 0 spiro atoms. The second-order valence-electron chi connectivity index (χ2n) is 3.66. The summed E-state index contributed by atoms with van der Waals surface area (Å²) in [6, 6.07) is 3.64. The Balaban J connectivity index is 2.96. The Morgan fingerprint density at radius 1 is 1.67 bits per heavy atom. The molecule has 0 saturated heterocycles. The Morgan fingerprint density at radius 2 is 2.40 bits per heavy atom. The molecule has 1 rings (SSSR count). The molecule has 0 radical (unpaired) electrons. The van der Waals surface area contributed by atoms with E-state index in [9.17, 15) is 4.79 Å².